The molecule has 1 aromatic heterocycles. The van der Waals surface area contributed by atoms with Gasteiger partial charge in [-0.3, -0.25) is 4.79 Å². The lowest BCUT2D eigenvalue weighted by molar-refractivity contribution is 1.27. The third kappa shape index (κ3) is 1.33. The van der Waals surface area contributed by atoms with Crippen LogP contribution in [0.15, 0.2) is 35.3 Å². The molecule has 2 rings (SSSR count). The highest BCUT2D eigenvalue weighted by molar-refractivity contribution is 6.17. The van der Waals surface area contributed by atoms with Crippen molar-refractivity contribution < 1.29 is 0 Å². The van der Waals surface area contributed by atoms with Gasteiger partial charge >= 0.3 is 0 Å². The third-order valence-electron chi connectivity index (χ3n) is 2.01. The Bertz CT molecular complexity index is 489. The Hall–Kier alpha value is -1.28. The molecular weight excluding hydrogens is 186 g/mol. The number of aromatic amines is 1. The first-order chi connectivity index (χ1) is 6.33. The minimum Gasteiger partial charge on any atom is -0.361 e. The molecule has 0 bridgehead atoms. The number of rotatable bonds is 1. The van der Waals surface area contributed by atoms with Crippen molar-refractivity contribution in [3.05, 3.63) is 46.2 Å². The van der Waals surface area contributed by atoms with Gasteiger partial charge < -0.3 is 4.98 Å². The van der Waals surface area contributed by atoms with Crippen molar-refractivity contribution in [3.63, 3.8) is 0 Å². The van der Waals surface area contributed by atoms with E-state index in [9.17, 15) is 4.79 Å². The molecule has 0 aliphatic rings. The van der Waals surface area contributed by atoms with E-state index >= 15 is 0 Å². The zero-order valence-corrected chi connectivity index (χ0v) is 7.64. The van der Waals surface area contributed by atoms with E-state index in [0.717, 1.165) is 5.52 Å². The summed E-state index contributed by atoms with van der Waals surface area (Å²) in [5, 5.41) is 0.695. The molecule has 0 radical (unpaired) electrons. The first kappa shape index (κ1) is 8.32. The van der Waals surface area contributed by atoms with E-state index in [-0.39, 0.29) is 11.3 Å². The monoisotopic (exact) mass is 193 g/mol. The number of fused-ring (bicyclic) bond motifs is 1. The van der Waals surface area contributed by atoms with Gasteiger partial charge in [0.2, 0.25) is 0 Å². The van der Waals surface area contributed by atoms with E-state index in [0.29, 0.717) is 10.9 Å². The molecule has 1 aromatic carbocycles. The summed E-state index contributed by atoms with van der Waals surface area (Å²) in [7, 11) is 0. The van der Waals surface area contributed by atoms with Crippen LogP contribution in [0.2, 0.25) is 0 Å². The summed E-state index contributed by atoms with van der Waals surface area (Å²) in [6.45, 7) is 0. The SMILES string of the molecule is O=c1c(CCl)c[nH]c2ccccc12. The normalized spacial score (nSPS) is 10.5. The van der Waals surface area contributed by atoms with Gasteiger partial charge in [-0.15, -0.1) is 11.6 Å². The van der Waals surface area contributed by atoms with E-state index in [1.807, 2.05) is 18.2 Å². The van der Waals surface area contributed by atoms with Crippen molar-refractivity contribution in [2.45, 2.75) is 5.88 Å². The molecule has 2 aromatic rings. The van der Waals surface area contributed by atoms with Crippen LogP contribution in [0, 0.1) is 0 Å². The highest BCUT2D eigenvalue weighted by Crippen LogP contribution is 2.07. The Morgan fingerprint density at radius 2 is 2.08 bits per heavy atom. The molecule has 0 atom stereocenters. The first-order valence-electron chi connectivity index (χ1n) is 3.98. The van der Waals surface area contributed by atoms with Crippen LogP contribution < -0.4 is 5.43 Å². The zero-order chi connectivity index (χ0) is 9.26. The van der Waals surface area contributed by atoms with Crippen molar-refractivity contribution in [3.8, 4) is 0 Å². The Labute approximate surface area is 80.2 Å². The number of alkyl halides is 1. The average molecular weight is 194 g/mol. The second-order valence-corrected chi connectivity index (χ2v) is 3.09. The number of benzene rings is 1. The number of para-hydroxylation sites is 1. The standard InChI is InChI=1S/C10H8ClNO/c11-5-7-6-12-9-4-2-1-3-8(9)10(7)13/h1-4,6H,5H2,(H,12,13). The van der Waals surface area contributed by atoms with Gasteiger partial charge in [0.15, 0.2) is 5.43 Å². The third-order valence-corrected chi connectivity index (χ3v) is 2.30. The van der Waals surface area contributed by atoms with Crippen LogP contribution in [-0.4, -0.2) is 4.98 Å². The average Bonchev–Trinajstić information content (AvgIpc) is 2.19. The molecule has 0 fully saturated rings. The highest BCUT2D eigenvalue weighted by atomic mass is 35.5. The summed E-state index contributed by atoms with van der Waals surface area (Å²) >= 11 is 5.61. The van der Waals surface area contributed by atoms with E-state index < -0.39 is 0 Å². The molecule has 1 heterocycles. The number of hydrogen-bond donors (Lipinski definition) is 1. The summed E-state index contributed by atoms with van der Waals surface area (Å²) in [6.07, 6.45) is 1.66. The van der Waals surface area contributed by atoms with E-state index in [4.69, 9.17) is 11.6 Å². The molecule has 0 unspecified atom stereocenters. The van der Waals surface area contributed by atoms with Crippen LogP contribution in [0.1, 0.15) is 5.56 Å². The van der Waals surface area contributed by atoms with Crippen LogP contribution in [0.25, 0.3) is 10.9 Å². The summed E-state index contributed by atoms with van der Waals surface area (Å²) in [5.41, 5.74) is 1.48. The Morgan fingerprint density at radius 3 is 2.85 bits per heavy atom. The minimum absolute atomic E-state index is 0.0179. The predicted octanol–water partition coefficient (Wildman–Crippen LogP) is 2.27. The number of nitrogens with one attached hydrogen (secondary N) is 1. The fraction of sp³-hybridized carbons (Fsp3) is 0.100. The second kappa shape index (κ2) is 3.23. The van der Waals surface area contributed by atoms with Crippen LogP contribution in [0.5, 0.6) is 0 Å². The maximum Gasteiger partial charge on any atom is 0.193 e. The van der Waals surface area contributed by atoms with Gasteiger partial charge in [-0.25, -0.2) is 0 Å². The van der Waals surface area contributed by atoms with E-state index in [1.165, 1.54) is 0 Å². The molecule has 0 spiro atoms. The van der Waals surface area contributed by atoms with Gasteiger partial charge in [0.25, 0.3) is 0 Å². The van der Waals surface area contributed by atoms with Crippen LogP contribution in [0.3, 0.4) is 0 Å². The van der Waals surface area contributed by atoms with Gasteiger partial charge in [0, 0.05) is 22.7 Å². The summed E-state index contributed by atoms with van der Waals surface area (Å²) in [6, 6.07) is 7.40. The molecule has 2 nitrogen and oxygen atoms in total. The van der Waals surface area contributed by atoms with Gasteiger partial charge in [-0.05, 0) is 12.1 Å². The van der Waals surface area contributed by atoms with Crippen molar-refractivity contribution in [2.75, 3.05) is 0 Å². The van der Waals surface area contributed by atoms with E-state index in [2.05, 4.69) is 4.98 Å². The Kier molecular flexibility index (Phi) is 2.07. The molecule has 0 saturated heterocycles. The number of pyridine rings is 1. The highest BCUT2D eigenvalue weighted by Gasteiger charge is 2.01. The summed E-state index contributed by atoms with van der Waals surface area (Å²) < 4.78 is 0. The number of aromatic nitrogens is 1. The molecule has 13 heavy (non-hydrogen) atoms. The number of H-pyrrole nitrogens is 1. The summed E-state index contributed by atoms with van der Waals surface area (Å²) in [5.74, 6) is 0.250. The maximum atomic E-state index is 11.7. The molecule has 1 N–H and O–H groups in total. The van der Waals surface area contributed by atoms with Crippen molar-refractivity contribution in [1.82, 2.24) is 4.98 Å². The molecule has 66 valence electrons. The fourth-order valence-corrected chi connectivity index (χ4v) is 1.51. The predicted molar refractivity (Wildman–Crippen MR) is 54.1 cm³/mol. The molecule has 0 saturated carbocycles. The smallest absolute Gasteiger partial charge is 0.193 e. The fourth-order valence-electron chi connectivity index (χ4n) is 1.31. The molecular formula is C10H8ClNO. The van der Waals surface area contributed by atoms with E-state index in [1.54, 1.807) is 12.3 Å². The first-order valence-corrected chi connectivity index (χ1v) is 4.51. The van der Waals surface area contributed by atoms with Gasteiger partial charge in [-0.2, -0.15) is 0 Å². The van der Waals surface area contributed by atoms with Gasteiger partial charge in [0.05, 0.1) is 5.88 Å². The van der Waals surface area contributed by atoms with Gasteiger partial charge in [0.1, 0.15) is 0 Å². The Balaban J connectivity index is 2.87. The lowest BCUT2D eigenvalue weighted by atomic mass is 10.2. The zero-order valence-electron chi connectivity index (χ0n) is 6.88. The lowest BCUT2D eigenvalue weighted by Gasteiger charge is -1.98. The molecule has 3 heteroatoms. The van der Waals surface area contributed by atoms with Crippen molar-refractivity contribution >= 4 is 22.5 Å². The van der Waals surface area contributed by atoms with Crippen LogP contribution in [-0.2, 0) is 5.88 Å². The number of hydrogen-bond acceptors (Lipinski definition) is 1. The van der Waals surface area contributed by atoms with Crippen molar-refractivity contribution in [2.24, 2.45) is 0 Å². The lowest BCUT2D eigenvalue weighted by Crippen LogP contribution is -2.07. The minimum atomic E-state index is 0.0179. The summed E-state index contributed by atoms with van der Waals surface area (Å²) in [4.78, 5) is 14.7. The second-order valence-electron chi connectivity index (χ2n) is 2.82. The molecule has 0 aliphatic heterocycles. The van der Waals surface area contributed by atoms with Crippen LogP contribution >= 0.6 is 11.6 Å². The Morgan fingerprint density at radius 1 is 1.31 bits per heavy atom. The largest absolute Gasteiger partial charge is 0.361 e. The van der Waals surface area contributed by atoms with Gasteiger partial charge in [-0.1, -0.05) is 12.1 Å². The maximum absolute atomic E-state index is 11.7. The number of halogens is 1. The van der Waals surface area contributed by atoms with Crippen molar-refractivity contribution in [1.29, 1.82) is 0 Å². The molecule has 0 aliphatic carbocycles. The molecule has 0 amide bonds. The van der Waals surface area contributed by atoms with Crippen LogP contribution in [0.4, 0.5) is 0 Å². The topological polar surface area (TPSA) is 32.9 Å². The quantitative estimate of drug-likeness (QED) is 0.693.